The highest BCUT2D eigenvalue weighted by Gasteiger charge is 2.34. The van der Waals surface area contributed by atoms with Crippen molar-refractivity contribution < 1.29 is 13.2 Å². The van der Waals surface area contributed by atoms with Crippen LogP contribution < -0.4 is 10.5 Å². The first kappa shape index (κ1) is 19.1. The van der Waals surface area contributed by atoms with Gasteiger partial charge in [0.2, 0.25) is 10.0 Å². The van der Waals surface area contributed by atoms with Gasteiger partial charge in [-0.15, -0.1) is 0 Å². The molecular weight excluding hydrogens is 374 g/mol. The van der Waals surface area contributed by atoms with Crippen LogP contribution in [0.2, 0.25) is 0 Å². The van der Waals surface area contributed by atoms with Gasteiger partial charge in [0.15, 0.2) is 0 Å². The molecule has 0 radical (unpaired) electrons. The van der Waals surface area contributed by atoms with Crippen LogP contribution >= 0.6 is 0 Å². The van der Waals surface area contributed by atoms with Crippen LogP contribution in [-0.2, 0) is 10.0 Å². The Kier molecular flexibility index (Phi) is 5.23. The Bertz CT molecular complexity index is 958. The Balaban J connectivity index is 1.49. The van der Waals surface area contributed by atoms with Crippen molar-refractivity contribution >= 4 is 15.9 Å². The number of likely N-dealkylation sites (tertiary alicyclic amines) is 1. The lowest BCUT2D eigenvalue weighted by Crippen LogP contribution is -2.32. The molecule has 6 nitrogen and oxygen atoms in total. The maximum absolute atomic E-state index is 13.0. The predicted octanol–water partition coefficient (Wildman–Crippen LogP) is 1.94. The van der Waals surface area contributed by atoms with Crippen molar-refractivity contribution in [2.24, 2.45) is 11.7 Å². The molecule has 3 N–H and O–H groups in total. The van der Waals surface area contributed by atoms with E-state index in [0.717, 1.165) is 18.4 Å². The van der Waals surface area contributed by atoms with E-state index < -0.39 is 10.0 Å². The SMILES string of the molecule is N[C@@H]1CN(C(=O)c2cccc(S(=O)(=O)NCC3CC3)c2)C[C@H]1c1ccccc1. The molecule has 2 aliphatic rings. The van der Waals surface area contributed by atoms with Crippen molar-refractivity contribution in [1.82, 2.24) is 9.62 Å². The minimum absolute atomic E-state index is 0.0808. The van der Waals surface area contributed by atoms with Gasteiger partial charge >= 0.3 is 0 Å². The standard InChI is InChI=1S/C21H25N3O3S/c22-20-14-24(13-19(20)16-5-2-1-3-6-16)21(25)17-7-4-8-18(11-17)28(26,27)23-12-15-9-10-15/h1-8,11,15,19-20,23H,9-10,12-14,22H2/t19-,20+/m0/s1. The normalized spacial score (nSPS) is 22.4. The van der Waals surface area contributed by atoms with Crippen LogP contribution in [-0.4, -0.2) is 44.9 Å². The van der Waals surface area contributed by atoms with E-state index in [0.29, 0.717) is 31.1 Å². The molecule has 1 saturated heterocycles. The molecule has 2 atom stereocenters. The van der Waals surface area contributed by atoms with Gasteiger partial charge in [-0.25, -0.2) is 13.1 Å². The number of hydrogen-bond donors (Lipinski definition) is 2. The highest BCUT2D eigenvalue weighted by molar-refractivity contribution is 7.89. The summed E-state index contributed by atoms with van der Waals surface area (Å²) in [6, 6.07) is 16.1. The number of benzene rings is 2. The summed E-state index contributed by atoms with van der Waals surface area (Å²) >= 11 is 0. The van der Waals surface area contributed by atoms with Crippen LogP contribution in [0, 0.1) is 5.92 Å². The lowest BCUT2D eigenvalue weighted by Gasteiger charge is -2.17. The number of nitrogens with two attached hydrogens (primary N) is 1. The van der Waals surface area contributed by atoms with Crippen LogP contribution in [0.25, 0.3) is 0 Å². The van der Waals surface area contributed by atoms with E-state index in [1.54, 1.807) is 17.0 Å². The Morgan fingerprint density at radius 2 is 1.82 bits per heavy atom. The Morgan fingerprint density at radius 1 is 1.07 bits per heavy atom. The zero-order valence-corrected chi connectivity index (χ0v) is 16.4. The zero-order chi connectivity index (χ0) is 19.7. The second kappa shape index (κ2) is 7.66. The Morgan fingerprint density at radius 3 is 2.54 bits per heavy atom. The summed E-state index contributed by atoms with van der Waals surface area (Å²) in [6.45, 7) is 1.44. The quantitative estimate of drug-likeness (QED) is 0.776. The van der Waals surface area contributed by atoms with E-state index in [1.165, 1.54) is 12.1 Å². The highest BCUT2D eigenvalue weighted by atomic mass is 32.2. The number of sulfonamides is 1. The van der Waals surface area contributed by atoms with E-state index in [1.807, 2.05) is 30.3 Å². The molecule has 0 bridgehead atoms. The molecular formula is C21H25N3O3S. The first-order chi connectivity index (χ1) is 13.4. The summed E-state index contributed by atoms with van der Waals surface area (Å²) in [4.78, 5) is 14.8. The third-order valence-electron chi connectivity index (χ3n) is 5.53. The number of amides is 1. The first-order valence-electron chi connectivity index (χ1n) is 9.63. The van der Waals surface area contributed by atoms with Gasteiger partial charge in [0, 0.05) is 37.2 Å². The van der Waals surface area contributed by atoms with Gasteiger partial charge in [0.1, 0.15) is 0 Å². The van der Waals surface area contributed by atoms with Crippen molar-refractivity contribution in [3.63, 3.8) is 0 Å². The molecule has 0 unspecified atom stereocenters. The highest BCUT2D eigenvalue weighted by Crippen LogP contribution is 2.29. The summed E-state index contributed by atoms with van der Waals surface area (Å²) in [5, 5.41) is 0. The third kappa shape index (κ3) is 4.11. The molecule has 7 heteroatoms. The summed E-state index contributed by atoms with van der Waals surface area (Å²) in [7, 11) is -3.60. The summed E-state index contributed by atoms with van der Waals surface area (Å²) < 4.78 is 27.6. The Hall–Kier alpha value is -2.22. The molecule has 0 aromatic heterocycles. The van der Waals surface area contributed by atoms with Crippen molar-refractivity contribution in [2.45, 2.75) is 29.7 Å². The van der Waals surface area contributed by atoms with Crippen LogP contribution in [0.15, 0.2) is 59.5 Å². The second-order valence-electron chi connectivity index (χ2n) is 7.71. The fourth-order valence-corrected chi connectivity index (χ4v) is 4.82. The smallest absolute Gasteiger partial charge is 0.253 e. The third-order valence-corrected chi connectivity index (χ3v) is 6.95. The summed E-state index contributed by atoms with van der Waals surface area (Å²) in [5.74, 6) is 0.339. The minimum Gasteiger partial charge on any atom is -0.336 e. The molecule has 1 amide bonds. The average molecular weight is 400 g/mol. The van der Waals surface area contributed by atoms with E-state index >= 15 is 0 Å². The van der Waals surface area contributed by atoms with Crippen LogP contribution in [0.5, 0.6) is 0 Å². The molecule has 1 saturated carbocycles. The van der Waals surface area contributed by atoms with Gasteiger partial charge in [-0.2, -0.15) is 0 Å². The molecule has 4 rings (SSSR count). The largest absolute Gasteiger partial charge is 0.336 e. The molecule has 2 aromatic rings. The van der Waals surface area contributed by atoms with Crippen LogP contribution in [0.3, 0.4) is 0 Å². The van der Waals surface area contributed by atoms with Gasteiger partial charge in [0.05, 0.1) is 4.90 Å². The molecule has 1 aliphatic carbocycles. The van der Waals surface area contributed by atoms with Crippen LogP contribution in [0.1, 0.15) is 34.7 Å². The summed E-state index contributed by atoms with van der Waals surface area (Å²) in [5.41, 5.74) is 7.78. The van der Waals surface area contributed by atoms with Gasteiger partial charge < -0.3 is 10.6 Å². The van der Waals surface area contributed by atoms with E-state index in [9.17, 15) is 13.2 Å². The van der Waals surface area contributed by atoms with Gasteiger partial charge in [-0.05, 0) is 42.5 Å². The van der Waals surface area contributed by atoms with E-state index in [-0.39, 0.29) is 22.8 Å². The van der Waals surface area contributed by atoms with Crippen molar-refractivity contribution in [3.8, 4) is 0 Å². The molecule has 1 aliphatic heterocycles. The average Bonchev–Trinajstić information content (AvgIpc) is 3.47. The molecule has 2 aromatic carbocycles. The first-order valence-corrected chi connectivity index (χ1v) is 11.1. The minimum atomic E-state index is -3.60. The second-order valence-corrected chi connectivity index (χ2v) is 9.48. The lowest BCUT2D eigenvalue weighted by molar-refractivity contribution is 0.0789. The van der Waals surface area contributed by atoms with E-state index in [2.05, 4.69) is 4.72 Å². The molecule has 148 valence electrons. The predicted molar refractivity (Wildman–Crippen MR) is 107 cm³/mol. The van der Waals surface area contributed by atoms with Gasteiger partial charge in [0.25, 0.3) is 5.91 Å². The maximum Gasteiger partial charge on any atom is 0.253 e. The number of nitrogens with one attached hydrogen (secondary N) is 1. The van der Waals surface area contributed by atoms with Crippen LogP contribution in [0.4, 0.5) is 0 Å². The monoisotopic (exact) mass is 399 g/mol. The summed E-state index contributed by atoms with van der Waals surface area (Å²) in [6.07, 6.45) is 2.14. The van der Waals surface area contributed by atoms with Crippen molar-refractivity contribution in [1.29, 1.82) is 0 Å². The fourth-order valence-electron chi connectivity index (χ4n) is 3.66. The number of rotatable bonds is 6. The van der Waals surface area contributed by atoms with E-state index in [4.69, 9.17) is 5.73 Å². The number of carbonyl (C=O) groups excluding carboxylic acids is 1. The van der Waals surface area contributed by atoms with Gasteiger partial charge in [-0.3, -0.25) is 4.79 Å². The molecule has 1 heterocycles. The number of carbonyl (C=O) groups is 1. The fraction of sp³-hybridized carbons (Fsp3) is 0.381. The zero-order valence-electron chi connectivity index (χ0n) is 15.6. The van der Waals surface area contributed by atoms with Gasteiger partial charge in [-0.1, -0.05) is 36.4 Å². The number of nitrogens with zero attached hydrogens (tertiary/aromatic N) is 1. The number of hydrogen-bond acceptors (Lipinski definition) is 4. The topological polar surface area (TPSA) is 92.5 Å². The van der Waals surface area contributed by atoms with Crippen molar-refractivity contribution in [2.75, 3.05) is 19.6 Å². The molecule has 2 fully saturated rings. The lowest BCUT2D eigenvalue weighted by atomic mass is 9.95. The molecule has 0 spiro atoms. The Labute approximate surface area is 165 Å². The van der Waals surface area contributed by atoms with Crippen molar-refractivity contribution in [3.05, 3.63) is 65.7 Å². The maximum atomic E-state index is 13.0. The molecule has 28 heavy (non-hydrogen) atoms.